The number of nitrogens with one attached hydrogen (secondary N) is 2. The average molecular weight is 339 g/mol. The van der Waals surface area contributed by atoms with Crippen LogP contribution in [0.3, 0.4) is 0 Å². The van der Waals surface area contributed by atoms with Crippen molar-refractivity contribution in [3.63, 3.8) is 0 Å². The standard InChI is InChI=1S/C18H17N3O4/c1-3-17(22)19-11-13-5-7-14(8-6-13)18(23)20-16-10-15(21(24)25)9-4-12(16)2/h3-10H,1,11H2,2H3,(H,19,22)(H,20,23). The Morgan fingerprint density at radius 1 is 1.20 bits per heavy atom. The molecular weight excluding hydrogens is 322 g/mol. The van der Waals surface area contributed by atoms with Crippen molar-refractivity contribution < 1.29 is 14.5 Å². The second-order valence-electron chi connectivity index (χ2n) is 5.33. The van der Waals surface area contributed by atoms with E-state index < -0.39 is 4.92 Å². The first kappa shape index (κ1) is 17.9. The molecule has 0 saturated carbocycles. The third-order valence-corrected chi connectivity index (χ3v) is 3.55. The molecule has 0 aliphatic carbocycles. The van der Waals surface area contributed by atoms with Crippen molar-refractivity contribution in [3.05, 3.63) is 81.9 Å². The van der Waals surface area contributed by atoms with Gasteiger partial charge in [-0.2, -0.15) is 0 Å². The van der Waals surface area contributed by atoms with E-state index in [1.807, 2.05) is 0 Å². The van der Waals surface area contributed by atoms with Crippen molar-refractivity contribution in [1.29, 1.82) is 0 Å². The van der Waals surface area contributed by atoms with Crippen LogP contribution in [0, 0.1) is 17.0 Å². The van der Waals surface area contributed by atoms with E-state index in [-0.39, 0.29) is 17.5 Å². The Morgan fingerprint density at radius 3 is 2.48 bits per heavy atom. The maximum absolute atomic E-state index is 12.3. The predicted molar refractivity (Wildman–Crippen MR) is 94.3 cm³/mol. The number of carbonyl (C=O) groups is 2. The molecule has 2 aromatic rings. The van der Waals surface area contributed by atoms with Gasteiger partial charge < -0.3 is 10.6 Å². The lowest BCUT2D eigenvalue weighted by Crippen LogP contribution is -2.20. The Kier molecular flexibility index (Phi) is 5.62. The summed E-state index contributed by atoms with van der Waals surface area (Å²) in [6.45, 7) is 5.45. The fourth-order valence-corrected chi connectivity index (χ4v) is 2.09. The third kappa shape index (κ3) is 4.74. The van der Waals surface area contributed by atoms with Crippen LogP contribution in [0.2, 0.25) is 0 Å². The molecule has 2 aromatic carbocycles. The van der Waals surface area contributed by atoms with Gasteiger partial charge in [-0.05, 0) is 36.3 Å². The SMILES string of the molecule is C=CC(=O)NCc1ccc(C(=O)Nc2cc([N+](=O)[O-])ccc2C)cc1. The summed E-state index contributed by atoms with van der Waals surface area (Å²) in [5.41, 5.74) is 2.27. The number of nitro groups is 1. The summed E-state index contributed by atoms with van der Waals surface area (Å²) < 4.78 is 0. The zero-order chi connectivity index (χ0) is 18.4. The normalized spacial score (nSPS) is 9.96. The molecule has 0 radical (unpaired) electrons. The van der Waals surface area contributed by atoms with E-state index in [2.05, 4.69) is 17.2 Å². The van der Waals surface area contributed by atoms with Gasteiger partial charge >= 0.3 is 0 Å². The minimum atomic E-state index is -0.512. The van der Waals surface area contributed by atoms with Gasteiger partial charge in [0.1, 0.15) is 0 Å². The van der Waals surface area contributed by atoms with E-state index in [1.165, 1.54) is 18.2 Å². The lowest BCUT2D eigenvalue weighted by atomic mass is 10.1. The molecule has 0 unspecified atom stereocenters. The molecule has 2 amide bonds. The number of aryl methyl sites for hydroxylation is 1. The van der Waals surface area contributed by atoms with Gasteiger partial charge in [0.05, 0.1) is 10.6 Å². The Labute approximate surface area is 144 Å². The maximum atomic E-state index is 12.3. The number of carbonyl (C=O) groups excluding carboxylic acids is 2. The van der Waals surface area contributed by atoms with Crippen LogP contribution in [0.25, 0.3) is 0 Å². The molecule has 0 atom stereocenters. The molecule has 2 rings (SSSR count). The molecule has 7 heteroatoms. The van der Waals surface area contributed by atoms with Gasteiger partial charge in [-0.15, -0.1) is 0 Å². The fraction of sp³-hybridized carbons (Fsp3) is 0.111. The van der Waals surface area contributed by atoms with Crippen molar-refractivity contribution in [2.24, 2.45) is 0 Å². The molecule has 0 aromatic heterocycles. The van der Waals surface area contributed by atoms with E-state index in [9.17, 15) is 19.7 Å². The summed E-state index contributed by atoms with van der Waals surface area (Å²) in [5, 5.41) is 16.2. The Balaban J connectivity index is 2.08. The minimum Gasteiger partial charge on any atom is -0.348 e. The zero-order valence-electron chi connectivity index (χ0n) is 13.6. The highest BCUT2D eigenvalue weighted by Gasteiger charge is 2.12. The second-order valence-corrected chi connectivity index (χ2v) is 5.33. The highest BCUT2D eigenvalue weighted by Crippen LogP contribution is 2.22. The van der Waals surface area contributed by atoms with Crippen LogP contribution in [-0.2, 0) is 11.3 Å². The van der Waals surface area contributed by atoms with Crippen molar-refractivity contribution in [2.75, 3.05) is 5.32 Å². The van der Waals surface area contributed by atoms with Gasteiger partial charge in [0.15, 0.2) is 0 Å². The van der Waals surface area contributed by atoms with E-state index >= 15 is 0 Å². The topological polar surface area (TPSA) is 101 Å². The first-order valence-corrected chi connectivity index (χ1v) is 7.46. The lowest BCUT2D eigenvalue weighted by Gasteiger charge is -2.09. The quantitative estimate of drug-likeness (QED) is 0.480. The monoisotopic (exact) mass is 339 g/mol. The Bertz CT molecular complexity index is 829. The number of amides is 2. The molecule has 0 saturated heterocycles. The van der Waals surface area contributed by atoms with Crippen LogP contribution in [0.4, 0.5) is 11.4 Å². The summed E-state index contributed by atoms with van der Waals surface area (Å²) in [4.78, 5) is 33.8. The molecule has 128 valence electrons. The number of non-ortho nitro benzene ring substituents is 1. The molecule has 0 heterocycles. The summed E-state index contributed by atoms with van der Waals surface area (Å²) >= 11 is 0. The first-order valence-electron chi connectivity index (χ1n) is 7.46. The van der Waals surface area contributed by atoms with Gasteiger partial charge in [0.2, 0.25) is 5.91 Å². The van der Waals surface area contributed by atoms with Crippen LogP contribution in [0.5, 0.6) is 0 Å². The molecule has 0 spiro atoms. The van der Waals surface area contributed by atoms with Gasteiger partial charge in [0, 0.05) is 24.2 Å². The number of anilines is 1. The third-order valence-electron chi connectivity index (χ3n) is 3.55. The second kappa shape index (κ2) is 7.87. The number of benzene rings is 2. The van der Waals surface area contributed by atoms with Crippen LogP contribution >= 0.6 is 0 Å². The van der Waals surface area contributed by atoms with Crippen molar-refractivity contribution in [1.82, 2.24) is 5.32 Å². The number of hydrogen-bond donors (Lipinski definition) is 2. The Morgan fingerprint density at radius 2 is 1.88 bits per heavy atom. The smallest absolute Gasteiger partial charge is 0.271 e. The number of nitro benzene ring substituents is 1. The molecule has 0 aliphatic rings. The first-order chi connectivity index (χ1) is 11.9. The van der Waals surface area contributed by atoms with Crippen molar-refractivity contribution in [2.45, 2.75) is 13.5 Å². The van der Waals surface area contributed by atoms with Crippen molar-refractivity contribution >= 4 is 23.2 Å². The highest BCUT2D eigenvalue weighted by molar-refractivity contribution is 6.04. The van der Waals surface area contributed by atoms with Gasteiger partial charge in [-0.1, -0.05) is 24.8 Å². The highest BCUT2D eigenvalue weighted by atomic mass is 16.6. The average Bonchev–Trinajstić information content (AvgIpc) is 2.61. The molecule has 0 aliphatic heterocycles. The van der Waals surface area contributed by atoms with Crippen molar-refractivity contribution in [3.8, 4) is 0 Å². The van der Waals surface area contributed by atoms with E-state index in [4.69, 9.17) is 0 Å². The Hall–Kier alpha value is -3.48. The number of hydrogen-bond acceptors (Lipinski definition) is 4. The zero-order valence-corrected chi connectivity index (χ0v) is 13.6. The van der Waals surface area contributed by atoms with Crippen LogP contribution in [0.15, 0.2) is 55.1 Å². The molecule has 7 nitrogen and oxygen atoms in total. The number of nitrogens with zero attached hydrogens (tertiary/aromatic N) is 1. The number of rotatable bonds is 6. The van der Waals surface area contributed by atoms with Crippen LogP contribution in [-0.4, -0.2) is 16.7 Å². The minimum absolute atomic E-state index is 0.0887. The maximum Gasteiger partial charge on any atom is 0.271 e. The molecule has 2 N–H and O–H groups in total. The van der Waals surface area contributed by atoms with Gasteiger partial charge in [-0.3, -0.25) is 19.7 Å². The summed E-state index contributed by atoms with van der Waals surface area (Å²) in [5.74, 6) is -0.645. The summed E-state index contributed by atoms with van der Waals surface area (Å²) in [6, 6.07) is 11.0. The molecular formula is C18H17N3O4. The fourth-order valence-electron chi connectivity index (χ4n) is 2.09. The van der Waals surface area contributed by atoms with Crippen LogP contribution < -0.4 is 10.6 Å². The molecule has 25 heavy (non-hydrogen) atoms. The van der Waals surface area contributed by atoms with E-state index in [0.29, 0.717) is 17.8 Å². The summed E-state index contributed by atoms with van der Waals surface area (Å²) in [6.07, 6.45) is 1.18. The van der Waals surface area contributed by atoms with Crippen LogP contribution in [0.1, 0.15) is 21.5 Å². The predicted octanol–water partition coefficient (Wildman–Crippen LogP) is 2.96. The summed E-state index contributed by atoms with van der Waals surface area (Å²) in [7, 11) is 0. The van der Waals surface area contributed by atoms with E-state index in [0.717, 1.165) is 11.1 Å². The largest absolute Gasteiger partial charge is 0.348 e. The van der Waals surface area contributed by atoms with Gasteiger partial charge in [0.25, 0.3) is 11.6 Å². The lowest BCUT2D eigenvalue weighted by molar-refractivity contribution is -0.384. The molecule has 0 bridgehead atoms. The van der Waals surface area contributed by atoms with Gasteiger partial charge in [-0.25, -0.2) is 0 Å². The van der Waals surface area contributed by atoms with E-state index in [1.54, 1.807) is 37.3 Å². The molecule has 0 fully saturated rings.